The van der Waals surface area contributed by atoms with Crippen LogP contribution in [0.3, 0.4) is 0 Å². The monoisotopic (exact) mass is 200 g/mol. The second-order valence-electron chi connectivity index (χ2n) is 3.79. The van der Waals surface area contributed by atoms with E-state index >= 15 is 0 Å². The molecule has 3 aliphatic rings. The molecule has 0 radical (unpaired) electrons. The molecular formula is C8H8O6. The molecule has 14 heavy (non-hydrogen) atoms. The van der Waals surface area contributed by atoms with E-state index in [9.17, 15) is 9.59 Å². The lowest BCUT2D eigenvalue weighted by Crippen LogP contribution is -2.21. The lowest BCUT2D eigenvalue weighted by atomic mass is 10.3. The highest BCUT2D eigenvalue weighted by atomic mass is 16.7. The average Bonchev–Trinajstić information content (AvgIpc) is 2.91. The molecule has 3 fully saturated rings. The van der Waals surface area contributed by atoms with Crippen LogP contribution in [-0.2, 0) is 23.8 Å². The summed E-state index contributed by atoms with van der Waals surface area (Å²) in [7, 11) is 0. The van der Waals surface area contributed by atoms with E-state index in [0.29, 0.717) is 6.61 Å². The molecule has 0 aromatic heterocycles. The molecule has 1 saturated carbocycles. The smallest absolute Gasteiger partial charge is 0.342 e. The Bertz CT molecular complexity index is 325. The fourth-order valence-electron chi connectivity index (χ4n) is 1.59. The first kappa shape index (κ1) is 8.19. The third-order valence-corrected chi connectivity index (χ3v) is 2.81. The Labute approximate surface area is 78.7 Å². The van der Waals surface area contributed by atoms with Crippen LogP contribution in [-0.4, -0.2) is 47.6 Å². The van der Waals surface area contributed by atoms with Crippen molar-refractivity contribution in [3.63, 3.8) is 0 Å². The molecular weight excluding hydrogens is 192 g/mol. The number of hydrogen-bond acceptors (Lipinski definition) is 5. The molecule has 6 nitrogen and oxygen atoms in total. The molecule has 2 heterocycles. The number of epoxide rings is 2. The average molecular weight is 200 g/mol. The van der Waals surface area contributed by atoms with Gasteiger partial charge in [-0.3, -0.25) is 0 Å². The van der Waals surface area contributed by atoms with Gasteiger partial charge in [0.25, 0.3) is 0 Å². The molecule has 6 heteroatoms. The largest absolute Gasteiger partial charge is 0.479 e. The molecule has 3 atom stereocenters. The molecule has 3 unspecified atom stereocenters. The SMILES string of the molecule is O=C(O)C12CC1(C(=O)OCC1CO1)O2. The van der Waals surface area contributed by atoms with Crippen molar-refractivity contribution in [3.05, 3.63) is 0 Å². The van der Waals surface area contributed by atoms with Crippen molar-refractivity contribution >= 4 is 11.9 Å². The summed E-state index contributed by atoms with van der Waals surface area (Å²) in [5.74, 6) is -1.66. The van der Waals surface area contributed by atoms with E-state index in [0.717, 1.165) is 0 Å². The van der Waals surface area contributed by atoms with E-state index in [1.807, 2.05) is 0 Å². The highest BCUT2D eigenvalue weighted by Crippen LogP contribution is 2.71. The molecule has 1 aliphatic carbocycles. The summed E-state index contributed by atoms with van der Waals surface area (Å²) in [6.45, 7) is 0.796. The van der Waals surface area contributed by atoms with Crippen molar-refractivity contribution < 1.29 is 28.9 Å². The summed E-state index contributed by atoms with van der Waals surface area (Å²) in [6.07, 6.45) is 0.228. The first-order valence-electron chi connectivity index (χ1n) is 4.33. The number of carbonyl (C=O) groups excluding carboxylic acids is 1. The number of carbonyl (C=O) groups is 2. The molecule has 1 N–H and O–H groups in total. The number of carboxylic acid groups (broad SMARTS) is 1. The van der Waals surface area contributed by atoms with Crippen molar-refractivity contribution in [3.8, 4) is 0 Å². The highest BCUT2D eigenvalue weighted by molar-refractivity contribution is 6.04. The normalized spacial score (nSPS) is 46.4. The summed E-state index contributed by atoms with van der Waals surface area (Å²) >= 11 is 0. The summed E-state index contributed by atoms with van der Waals surface area (Å²) in [6, 6.07) is 0. The predicted molar refractivity (Wildman–Crippen MR) is 39.5 cm³/mol. The standard InChI is InChI=1S/C8H8O6/c9-5(10)7-3-8(7,14-7)6(11)13-2-4-1-12-4/h4H,1-3H2,(H,9,10). The first-order chi connectivity index (χ1) is 6.61. The van der Waals surface area contributed by atoms with Crippen LogP contribution in [0.5, 0.6) is 0 Å². The van der Waals surface area contributed by atoms with Gasteiger partial charge in [-0.2, -0.15) is 0 Å². The van der Waals surface area contributed by atoms with Gasteiger partial charge >= 0.3 is 11.9 Å². The van der Waals surface area contributed by atoms with Gasteiger partial charge in [-0.25, -0.2) is 9.59 Å². The number of aliphatic carboxylic acids is 1. The van der Waals surface area contributed by atoms with Gasteiger partial charge in [-0.15, -0.1) is 0 Å². The van der Waals surface area contributed by atoms with Crippen molar-refractivity contribution in [1.82, 2.24) is 0 Å². The third kappa shape index (κ3) is 0.821. The molecule has 0 aromatic rings. The minimum atomic E-state index is -1.26. The van der Waals surface area contributed by atoms with Crippen LogP contribution in [0, 0.1) is 0 Å². The van der Waals surface area contributed by atoms with Gasteiger partial charge in [0.1, 0.15) is 12.7 Å². The van der Waals surface area contributed by atoms with Gasteiger partial charge in [0.05, 0.1) is 6.61 Å². The lowest BCUT2D eigenvalue weighted by molar-refractivity contribution is -0.150. The lowest BCUT2D eigenvalue weighted by Gasteiger charge is -2.01. The van der Waals surface area contributed by atoms with Crippen LogP contribution in [0.25, 0.3) is 0 Å². The van der Waals surface area contributed by atoms with Gasteiger partial charge in [0.2, 0.25) is 11.2 Å². The topological polar surface area (TPSA) is 88.7 Å². The van der Waals surface area contributed by atoms with E-state index < -0.39 is 23.1 Å². The Morgan fingerprint density at radius 3 is 2.57 bits per heavy atom. The summed E-state index contributed by atoms with van der Waals surface area (Å²) < 4.78 is 14.5. The van der Waals surface area contributed by atoms with E-state index in [1.165, 1.54) is 0 Å². The Hall–Kier alpha value is -1.14. The van der Waals surface area contributed by atoms with Gasteiger partial charge in [0, 0.05) is 6.42 Å². The van der Waals surface area contributed by atoms with Gasteiger partial charge in [-0.1, -0.05) is 0 Å². The third-order valence-electron chi connectivity index (χ3n) is 2.81. The van der Waals surface area contributed by atoms with E-state index in [4.69, 9.17) is 19.3 Å². The van der Waals surface area contributed by atoms with Crippen LogP contribution in [0.1, 0.15) is 6.42 Å². The molecule has 0 amide bonds. The number of carboxylic acids is 1. The van der Waals surface area contributed by atoms with Crippen LogP contribution < -0.4 is 0 Å². The predicted octanol–water partition coefficient (Wildman–Crippen LogP) is -1.08. The Morgan fingerprint density at radius 1 is 1.50 bits per heavy atom. The zero-order valence-electron chi connectivity index (χ0n) is 7.19. The van der Waals surface area contributed by atoms with Crippen molar-refractivity contribution in [2.75, 3.05) is 13.2 Å². The fourth-order valence-corrected chi connectivity index (χ4v) is 1.59. The molecule has 0 spiro atoms. The molecule has 0 aromatic carbocycles. The van der Waals surface area contributed by atoms with E-state index in [2.05, 4.69) is 0 Å². The van der Waals surface area contributed by atoms with Crippen LogP contribution in [0.15, 0.2) is 0 Å². The zero-order valence-corrected chi connectivity index (χ0v) is 7.19. The second kappa shape index (κ2) is 2.09. The Balaban J connectivity index is 1.58. The number of esters is 1. The minimum Gasteiger partial charge on any atom is -0.479 e. The zero-order chi connectivity index (χ0) is 9.97. The number of ether oxygens (including phenoxy) is 3. The first-order valence-corrected chi connectivity index (χ1v) is 4.33. The maximum absolute atomic E-state index is 11.3. The second-order valence-corrected chi connectivity index (χ2v) is 3.79. The minimum absolute atomic E-state index is 0.00734. The fraction of sp³-hybridized carbons (Fsp3) is 0.750. The van der Waals surface area contributed by atoms with Crippen LogP contribution in [0.4, 0.5) is 0 Å². The van der Waals surface area contributed by atoms with Crippen LogP contribution >= 0.6 is 0 Å². The number of fused-ring (bicyclic) bond motifs is 1. The quantitative estimate of drug-likeness (QED) is 0.459. The maximum Gasteiger partial charge on any atom is 0.342 e. The van der Waals surface area contributed by atoms with Gasteiger partial charge < -0.3 is 19.3 Å². The molecule has 2 aliphatic heterocycles. The number of hydrogen-bond donors (Lipinski definition) is 1. The molecule has 3 rings (SSSR count). The summed E-state index contributed by atoms with van der Waals surface area (Å²) in [5, 5.41) is 8.70. The van der Waals surface area contributed by atoms with Crippen molar-refractivity contribution in [1.29, 1.82) is 0 Å². The van der Waals surface area contributed by atoms with Crippen molar-refractivity contribution in [2.24, 2.45) is 0 Å². The Morgan fingerprint density at radius 2 is 2.14 bits per heavy atom. The molecule has 0 bridgehead atoms. The van der Waals surface area contributed by atoms with E-state index in [-0.39, 0.29) is 19.1 Å². The molecule has 2 saturated heterocycles. The van der Waals surface area contributed by atoms with Crippen LogP contribution in [0.2, 0.25) is 0 Å². The summed E-state index contributed by atoms with van der Waals surface area (Å²) in [5.41, 5.74) is -2.41. The highest BCUT2D eigenvalue weighted by Gasteiger charge is 2.97. The number of rotatable bonds is 4. The van der Waals surface area contributed by atoms with Gasteiger partial charge in [-0.05, 0) is 0 Å². The van der Waals surface area contributed by atoms with Gasteiger partial charge in [0.15, 0.2) is 0 Å². The summed E-state index contributed by atoms with van der Waals surface area (Å²) in [4.78, 5) is 22.0. The molecule has 76 valence electrons. The van der Waals surface area contributed by atoms with E-state index in [1.54, 1.807) is 0 Å². The van der Waals surface area contributed by atoms with Crippen molar-refractivity contribution in [2.45, 2.75) is 23.7 Å². The Kier molecular flexibility index (Phi) is 1.22. The maximum atomic E-state index is 11.3.